The first-order chi connectivity index (χ1) is 14.7. The van der Waals surface area contributed by atoms with Crippen molar-refractivity contribution >= 4 is 0 Å². The summed E-state index contributed by atoms with van der Waals surface area (Å²) < 4.78 is 25.9. The fraction of sp³-hybridized carbons (Fsp3) is 0.560. The van der Waals surface area contributed by atoms with E-state index in [-0.39, 0.29) is 22.9 Å². The molecule has 3 aliphatic rings. The van der Waals surface area contributed by atoms with Crippen molar-refractivity contribution in [2.75, 3.05) is 19.8 Å². The van der Waals surface area contributed by atoms with Crippen LogP contribution >= 0.6 is 0 Å². The number of benzene rings is 1. The Morgan fingerprint density at radius 3 is 2.83 bits per heavy atom. The van der Waals surface area contributed by atoms with Crippen molar-refractivity contribution in [1.29, 1.82) is 0 Å². The van der Waals surface area contributed by atoms with Gasteiger partial charge in [-0.3, -0.25) is 4.98 Å². The molecule has 2 atom stereocenters. The zero-order valence-electron chi connectivity index (χ0n) is 17.5. The SMILES string of the molecule is Fc1ccc2c(c1)C(NCCC1(c3ccccn3)CCOC3(CCCC3)C1)CCO2. The molecule has 1 saturated heterocycles. The van der Waals surface area contributed by atoms with E-state index in [4.69, 9.17) is 14.5 Å². The molecular weight excluding hydrogens is 379 g/mol. The summed E-state index contributed by atoms with van der Waals surface area (Å²) in [6.07, 6.45) is 10.7. The van der Waals surface area contributed by atoms with Crippen LogP contribution in [0.15, 0.2) is 42.6 Å². The molecule has 4 nitrogen and oxygen atoms in total. The van der Waals surface area contributed by atoms with Crippen LogP contribution in [0.4, 0.5) is 4.39 Å². The minimum Gasteiger partial charge on any atom is -0.493 e. The van der Waals surface area contributed by atoms with E-state index in [1.807, 2.05) is 12.3 Å². The number of pyridine rings is 1. The van der Waals surface area contributed by atoms with E-state index in [0.29, 0.717) is 6.61 Å². The molecule has 0 radical (unpaired) electrons. The minimum absolute atomic E-state index is 0.0319. The molecule has 30 heavy (non-hydrogen) atoms. The molecule has 1 aromatic carbocycles. The second kappa shape index (κ2) is 8.27. The summed E-state index contributed by atoms with van der Waals surface area (Å²) in [5, 5.41) is 3.71. The third-order valence-corrected chi connectivity index (χ3v) is 7.38. The van der Waals surface area contributed by atoms with Gasteiger partial charge in [0.05, 0.1) is 12.2 Å². The molecule has 2 aromatic rings. The first kappa shape index (κ1) is 20.0. The lowest BCUT2D eigenvalue weighted by Gasteiger charge is -2.46. The number of aromatic nitrogens is 1. The first-order valence-electron chi connectivity index (χ1n) is 11.4. The number of ether oxygens (including phenoxy) is 2. The maximum absolute atomic E-state index is 13.8. The van der Waals surface area contributed by atoms with Crippen LogP contribution in [0.1, 0.15) is 68.7 Å². The van der Waals surface area contributed by atoms with Gasteiger partial charge in [-0.25, -0.2) is 4.39 Å². The van der Waals surface area contributed by atoms with Gasteiger partial charge in [0.15, 0.2) is 0 Å². The number of fused-ring (bicyclic) bond motifs is 1. The number of halogens is 1. The Morgan fingerprint density at radius 2 is 2.00 bits per heavy atom. The maximum Gasteiger partial charge on any atom is 0.124 e. The number of rotatable bonds is 5. The Kier molecular flexibility index (Phi) is 5.50. The molecule has 5 heteroatoms. The second-order valence-electron chi connectivity index (χ2n) is 9.24. The monoisotopic (exact) mass is 410 g/mol. The standard InChI is InChI=1S/C25H31FN2O2/c26-19-6-7-22-20(17-19)21(8-15-29-22)27-14-11-24(23-5-1-4-13-28-23)12-16-30-25(18-24)9-2-3-10-25/h1,4-7,13,17,21,27H,2-3,8-12,14-16,18H2. The average Bonchev–Trinajstić information content (AvgIpc) is 3.22. The van der Waals surface area contributed by atoms with E-state index in [1.165, 1.54) is 37.4 Å². The lowest BCUT2D eigenvalue weighted by molar-refractivity contribution is -0.104. The summed E-state index contributed by atoms with van der Waals surface area (Å²) in [6, 6.07) is 11.2. The molecule has 5 rings (SSSR count). The number of hydrogen-bond donors (Lipinski definition) is 1. The minimum atomic E-state index is -0.205. The van der Waals surface area contributed by atoms with Gasteiger partial charge in [-0.2, -0.15) is 0 Å². The molecule has 2 fully saturated rings. The van der Waals surface area contributed by atoms with Crippen molar-refractivity contribution in [2.24, 2.45) is 0 Å². The zero-order chi connectivity index (χ0) is 20.4. The Bertz CT molecular complexity index is 869. The fourth-order valence-electron chi connectivity index (χ4n) is 5.86. The third-order valence-electron chi connectivity index (χ3n) is 7.38. The molecule has 1 spiro atoms. The van der Waals surface area contributed by atoms with E-state index in [1.54, 1.807) is 12.1 Å². The number of hydrogen-bond acceptors (Lipinski definition) is 4. The van der Waals surface area contributed by atoms with Crippen LogP contribution in [-0.2, 0) is 10.2 Å². The Hall–Kier alpha value is -1.98. The molecule has 2 unspecified atom stereocenters. The van der Waals surface area contributed by atoms with Gasteiger partial charge in [0.2, 0.25) is 0 Å². The van der Waals surface area contributed by atoms with Crippen molar-refractivity contribution < 1.29 is 13.9 Å². The molecule has 0 amide bonds. The smallest absolute Gasteiger partial charge is 0.124 e. The summed E-state index contributed by atoms with van der Waals surface area (Å²) in [6.45, 7) is 2.34. The van der Waals surface area contributed by atoms with E-state index in [2.05, 4.69) is 17.4 Å². The van der Waals surface area contributed by atoms with Crippen LogP contribution in [-0.4, -0.2) is 30.3 Å². The van der Waals surface area contributed by atoms with Crippen molar-refractivity contribution in [3.63, 3.8) is 0 Å². The third kappa shape index (κ3) is 3.85. The maximum atomic E-state index is 13.8. The molecular formula is C25H31FN2O2. The predicted molar refractivity (Wildman–Crippen MR) is 114 cm³/mol. The molecule has 2 aliphatic heterocycles. The number of nitrogens with one attached hydrogen (secondary N) is 1. The molecule has 1 aromatic heterocycles. The van der Waals surface area contributed by atoms with Gasteiger partial charge < -0.3 is 14.8 Å². The largest absolute Gasteiger partial charge is 0.493 e. The van der Waals surface area contributed by atoms with E-state index in [0.717, 1.165) is 50.1 Å². The van der Waals surface area contributed by atoms with Gasteiger partial charge in [-0.05, 0) is 69.0 Å². The van der Waals surface area contributed by atoms with Crippen molar-refractivity contribution in [2.45, 2.75) is 68.4 Å². The first-order valence-corrected chi connectivity index (χ1v) is 11.4. The van der Waals surface area contributed by atoms with Crippen LogP contribution in [0.2, 0.25) is 0 Å². The molecule has 0 bridgehead atoms. The van der Waals surface area contributed by atoms with Gasteiger partial charge in [0.25, 0.3) is 0 Å². The predicted octanol–water partition coefficient (Wildman–Crippen LogP) is 5.09. The van der Waals surface area contributed by atoms with E-state index >= 15 is 0 Å². The lowest BCUT2D eigenvalue weighted by Crippen LogP contribution is -2.47. The van der Waals surface area contributed by atoms with E-state index in [9.17, 15) is 4.39 Å². The van der Waals surface area contributed by atoms with E-state index < -0.39 is 0 Å². The van der Waals surface area contributed by atoms with Crippen LogP contribution < -0.4 is 10.1 Å². The highest BCUT2D eigenvalue weighted by molar-refractivity contribution is 5.38. The van der Waals surface area contributed by atoms with Gasteiger partial charge >= 0.3 is 0 Å². The summed E-state index contributed by atoms with van der Waals surface area (Å²) in [4.78, 5) is 4.79. The molecule has 1 aliphatic carbocycles. The fourth-order valence-corrected chi connectivity index (χ4v) is 5.86. The van der Waals surface area contributed by atoms with Gasteiger partial charge in [0.1, 0.15) is 11.6 Å². The molecule has 160 valence electrons. The normalized spacial score (nSPS) is 27.6. The molecule has 1 saturated carbocycles. The topological polar surface area (TPSA) is 43.4 Å². The van der Waals surface area contributed by atoms with Crippen LogP contribution in [0.5, 0.6) is 5.75 Å². The summed E-state index contributed by atoms with van der Waals surface area (Å²) in [5.41, 5.74) is 2.20. The van der Waals surface area contributed by atoms with Crippen molar-refractivity contribution in [1.82, 2.24) is 10.3 Å². The van der Waals surface area contributed by atoms with Crippen LogP contribution in [0.25, 0.3) is 0 Å². The highest BCUT2D eigenvalue weighted by atomic mass is 19.1. The number of nitrogens with zero attached hydrogens (tertiary/aromatic N) is 1. The van der Waals surface area contributed by atoms with Gasteiger partial charge in [-0.1, -0.05) is 18.9 Å². The Balaban J connectivity index is 1.34. The average molecular weight is 411 g/mol. The Morgan fingerprint density at radius 1 is 1.10 bits per heavy atom. The van der Waals surface area contributed by atoms with Crippen molar-refractivity contribution in [3.05, 3.63) is 59.7 Å². The summed E-state index contributed by atoms with van der Waals surface area (Å²) >= 11 is 0. The highest BCUT2D eigenvalue weighted by Gasteiger charge is 2.48. The summed E-state index contributed by atoms with van der Waals surface area (Å²) in [7, 11) is 0. The van der Waals surface area contributed by atoms with Gasteiger partial charge in [-0.15, -0.1) is 0 Å². The van der Waals surface area contributed by atoms with Gasteiger partial charge in [0, 0.05) is 41.9 Å². The van der Waals surface area contributed by atoms with Crippen LogP contribution in [0, 0.1) is 5.82 Å². The highest BCUT2D eigenvalue weighted by Crippen LogP contribution is 2.49. The van der Waals surface area contributed by atoms with Crippen LogP contribution in [0.3, 0.4) is 0 Å². The second-order valence-corrected chi connectivity index (χ2v) is 9.24. The quantitative estimate of drug-likeness (QED) is 0.746. The summed E-state index contributed by atoms with van der Waals surface area (Å²) in [5.74, 6) is 0.596. The zero-order valence-corrected chi connectivity index (χ0v) is 17.5. The molecule has 3 heterocycles. The lowest BCUT2D eigenvalue weighted by atomic mass is 9.68. The molecule has 1 N–H and O–H groups in total. The Labute approximate surface area is 178 Å². The van der Waals surface area contributed by atoms with Crippen molar-refractivity contribution in [3.8, 4) is 5.75 Å².